The van der Waals surface area contributed by atoms with Crippen LogP contribution in [-0.4, -0.2) is 19.7 Å². The molecule has 0 atom stereocenters. The topological polar surface area (TPSA) is 76.7 Å². The number of hydrogen-bond donors (Lipinski definition) is 1. The third kappa shape index (κ3) is 3.48. The number of H-pyrrole nitrogens is 1. The molecule has 0 amide bonds. The van der Waals surface area contributed by atoms with E-state index in [9.17, 15) is 4.79 Å². The molecule has 5 aromatic rings. The Morgan fingerprint density at radius 1 is 1.00 bits per heavy atom. The minimum atomic E-state index is -0.576. The van der Waals surface area contributed by atoms with Crippen molar-refractivity contribution in [2.45, 2.75) is 27.3 Å². The largest absolute Gasteiger partial charge is 0.439 e. The van der Waals surface area contributed by atoms with E-state index in [1.165, 1.54) is 16.7 Å². The smallest absolute Gasteiger partial charge is 0.324 e. The Morgan fingerprint density at radius 2 is 1.81 bits per heavy atom. The summed E-state index contributed by atoms with van der Waals surface area (Å²) in [5.74, 6) is 0.715. The molecule has 7 heteroatoms. The second-order valence-corrected chi connectivity index (χ2v) is 8.75. The van der Waals surface area contributed by atoms with E-state index in [4.69, 9.17) is 4.98 Å². The van der Waals surface area contributed by atoms with Crippen molar-refractivity contribution in [3.8, 4) is 33.9 Å². The lowest BCUT2D eigenvalue weighted by atomic mass is 9.94. The highest BCUT2D eigenvalue weighted by Crippen LogP contribution is 2.37. The van der Waals surface area contributed by atoms with E-state index in [0.29, 0.717) is 5.82 Å². The molecule has 6 nitrogen and oxygen atoms in total. The van der Waals surface area contributed by atoms with Crippen molar-refractivity contribution in [2.75, 3.05) is 0 Å². The van der Waals surface area contributed by atoms with Crippen LogP contribution in [-0.2, 0) is 6.54 Å². The van der Waals surface area contributed by atoms with Gasteiger partial charge < -0.3 is 4.57 Å². The molecular formula is C25H21BrN4O2. The van der Waals surface area contributed by atoms with Crippen LogP contribution in [0.25, 0.3) is 44.9 Å². The van der Waals surface area contributed by atoms with Crippen LogP contribution >= 0.6 is 15.9 Å². The summed E-state index contributed by atoms with van der Waals surface area (Å²) in [6, 6.07) is 18.7. The summed E-state index contributed by atoms with van der Waals surface area (Å²) in [5.41, 5.74) is 8.44. The predicted molar refractivity (Wildman–Crippen MR) is 130 cm³/mol. The molecular weight excluding hydrogens is 468 g/mol. The standard InChI is InChI=1S/C25H21BrN4O2/c1-4-30-22-10-6-16(23-28-25(31)32-29-23)12-21(22)27-24(30)19-9-7-17(26)13-20(19)18-8-5-14(2)11-15(18)3/h5-13H,4H2,1-3H3,(H,28,29,31). The molecule has 0 unspecified atom stereocenters. The molecule has 5 rings (SSSR count). The van der Waals surface area contributed by atoms with E-state index in [0.717, 1.165) is 44.6 Å². The number of hydrogen-bond acceptors (Lipinski definition) is 4. The first-order valence-corrected chi connectivity index (χ1v) is 11.2. The molecule has 32 heavy (non-hydrogen) atoms. The van der Waals surface area contributed by atoms with Crippen molar-refractivity contribution in [1.82, 2.24) is 19.7 Å². The average molecular weight is 489 g/mol. The van der Waals surface area contributed by atoms with Gasteiger partial charge in [-0.05, 0) is 73.9 Å². The van der Waals surface area contributed by atoms with Gasteiger partial charge in [-0.3, -0.25) is 9.51 Å². The normalized spacial score (nSPS) is 11.4. The molecule has 2 heterocycles. The van der Waals surface area contributed by atoms with E-state index in [1.807, 2.05) is 24.3 Å². The first kappa shape index (κ1) is 20.5. The number of fused-ring (bicyclic) bond motifs is 1. The lowest BCUT2D eigenvalue weighted by molar-refractivity contribution is 0.388. The van der Waals surface area contributed by atoms with Crippen molar-refractivity contribution < 1.29 is 4.52 Å². The van der Waals surface area contributed by atoms with Gasteiger partial charge in [0.15, 0.2) is 5.82 Å². The molecule has 0 saturated carbocycles. The van der Waals surface area contributed by atoms with Crippen LogP contribution in [0, 0.1) is 13.8 Å². The number of aromatic nitrogens is 4. The fraction of sp³-hybridized carbons (Fsp3) is 0.160. The highest BCUT2D eigenvalue weighted by molar-refractivity contribution is 9.10. The minimum Gasteiger partial charge on any atom is -0.324 e. The van der Waals surface area contributed by atoms with Gasteiger partial charge in [-0.15, -0.1) is 0 Å². The zero-order valence-corrected chi connectivity index (χ0v) is 19.5. The molecule has 0 aliphatic carbocycles. The molecule has 0 radical (unpaired) electrons. The summed E-state index contributed by atoms with van der Waals surface area (Å²) in [4.78, 5) is 19.0. The lowest BCUT2D eigenvalue weighted by Gasteiger charge is -2.14. The maximum atomic E-state index is 11.4. The highest BCUT2D eigenvalue weighted by atomic mass is 79.9. The Labute approximate surface area is 193 Å². The Balaban J connectivity index is 1.73. The third-order valence-electron chi connectivity index (χ3n) is 5.67. The maximum absolute atomic E-state index is 11.4. The van der Waals surface area contributed by atoms with Crippen LogP contribution in [0.3, 0.4) is 0 Å². The fourth-order valence-corrected chi connectivity index (χ4v) is 4.57. The van der Waals surface area contributed by atoms with Crippen LogP contribution in [0.2, 0.25) is 0 Å². The van der Waals surface area contributed by atoms with Gasteiger partial charge in [0.1, 0.15) is 5.82 Å². The molecule has 0 spiro atoms. The number of nitrogens with one attached hydrogen (secondary N) is 1. The Hall–Kier alpha value is -3.45. The summed E-state index contributed by atoms with van der Waals surface area (Å²) < 4.78 is 7.88. The van der Waals surface area contributed by atoms with Crippen molar-refractivity contribution in [3.05, 3.63) is 80.7 Å². The molecule has 1 N–H and O–H groups in total. The molecule has 0 aliphatic rings. The Kier molecular flexibility index (Phi) is 5.06. The molecule has 3 aromatic carbocycles. The third-order valence-corrected chi connectivity index (χ3v) is 6.17. The molecule has 0 saturated heterocycles. The monoisotopic (exact) mass is 488 g/mol. The van der Waals surface area contributed by atoms with Gasteiger partial charge in [0.05, 0.1) is 11.0 Å². The summed E-state index contributed by atoms with van der Waals surface area (Å²) in [5, 5.41) is 3.80. The molecule has 0 aliphatic heterocycles. The van der Waals surface area contributed by atoms with Crippen LogP contribution in [0.4, 0.5) is 0 Å². The van der Waals surface area contributed by atoms with Crippen molar-refractivity contribution in [3.63, 3.8) is 0 Å². The van der Waals surface area contributed by atoms with Gasteiger partial charge >= 0.3 is 5.76 Å². The number of benzene rings is 3. The molecule has 0 fully saturated rings. The molecule has 0 bridgehead atoms. The number of halogens is 1. The number of nitrogens with zero attached hydrogens (tertiary/aromatic N) is 3. The number of aryl methyl sites for hydroxylation is 3. The van der Waals surface area contributed by atoms with Crippen LogP contribution in [0.1, 0.15) is 18.1 Å². The first-order valence-electron chi connectivity index (χ1n) is 10.4. The second-order valence-electron chi connectivity index (χ2n) is 7.84. The van der Waals surface area contributed by atoms with Gasteiger partial charge in [-0.25, -0.2) is 9.78 Å². The molecule has 2 aromatic heterocycles. The Bertz CT molecular complexity index is 1530. The SMILES string of the molecule is CCn1c(-c2ccc(Br)cc2-c2ccc(C)cc2C)nc2cc(-c3noc(=O)[nH]3)ccc21. The number of imidazole rings is 1. The quantitative estimate of drug-likeness (QED) is 0.330. The number of aromatic amines is 1. The van der Waals surface area contributed by atoms with Crippen molar-refractivity contribution in [1.29, 1.82) is 0 Å². The van der Waals surface area contributed by atoms with Gasteiger partial charge in [0.2, 0.25) is 0 Å². The van der Waals surface area contributed by atoms with Crippen LogP contribution < -0.4 is 5.76 Å². The van der Waals surface area contributed by atoms with Gasteiger partial charge in [0, 0.05) is 22.1 Å². The van der Waals surface area contributed by atoms with Gasteiger partial charge in [0.25, 0.3) is 0 Å². The van der Waals surface area contributed by atoms with E-state index < -0.39 is 5.76 Å². The van der Waals surface area contributed by atoms with Crippen molar-refractivity contribution >= 4 is 27.0 Å². The predicted octanol–water partition coefficient (Wildman–Crippen LogP) is 6.11. The first-order chi connectivity index (χ1) is 15.4. The molecule has 160 valence electrons. The van der Waals surface area contributed by atoms with Crippen molar-refractivity contribution in [2.24, 2.45) is 0 Å². The zero-order chi connectivity index (χ0) is 22.4. The second kappa shape index (κ2) is 7.91. The minimum absolute atomic E-state index is 0.393. The maximum Gasteiger partial charge on any atom is 0.439 e. The zero-order valence-electron chi connectivity index (χ0n) is 17.9. The summed E-state index contributed by atoms with van der Waals surface area (Å²) in [6.45, 7) is 7.13. The van der Waals surface area contributed by atoms with Gasteiger partial charge in [-0.1, -0.05) is 44.8 Å². The summed E-state index contributed by atoms with van der Waals surface area (Å²) in [6.07, 6.45) is 0. The van der Waals surface area contributed by atoms with E-state index >= 15 is 0 Å². The van der Waals surface area contributed by atoms with Gasteiger partial charge in [-0.2, -0.15) is 0 Å². The van der Waals surface area contributed by atoms with E-state index in [1.54, 1.807) is 0 Å². The highest BCUT2D eigenvalue weighted by Gasteiger charge is 2.18. The summed E-state index contributed by atoms with van der Waals surface area (Å²) >= 11 is 3.64. The van der Waals surface area contributed by atoms with E-state index in [-0.39, 0.29) is 0 Å². The number of rotatable bonds is 4. The summed E-state index contributed by atoms with van der Waals surface area (Å²) in [7, 11) is 0. The Morgan fingerprint density at radius 3 is 2.53 bits per heavy atom. The lowest BCUT2D eigenvalue weighted by Crippen LogP contribution is -1.99. The fourth-order valence-electron chi connectivity index (χ4n) is 4.21. The van der Waals surface area contributed by atoms with E-state index in [2.05, 4.69) is 86.3 Å². The van der Waals surface area contributed by atoms with Crippen LogP contribution in [0.5, 0.6) is 0 Å². The average Bonchev–Trinajstić information content (AvgIpc) is 3.36. The van der Waals surface area contributed by atoms with Crippen LogP contribution in [0.15, 0.2) is 68.4 Å².